The molecular formula is C22H23BrN4O3. The largest absolute Gasteiger partial charge is 0.495 e. The van der Waals surface area contributed by atoms with Gasteiger partial charge in [0.25, 0.3) is 0 Å². The molecule has 2 heterocycles. The molecule has 1 N–H and O–H groups in total. The van der Waals surface area contributed by atoms with Crippen molar-refractivity contribution in [2.24, 2.45) is 7.05 Å². The van der Waals surface area contributed by atoms with Crippen LogP contribution in [0.15, 0.2) is 28.9 Å². The van der Waals surface area contributed by atoms with Crippen LogP contribution in [0.1, 0.15) is 34.1 Å². The Morgan fingerprint density at radius 1 is 1.33 bits per heavy atom. The summed E-state index contributed by atoms with van der Waals surface area (Å²) in [5.74, 6) is 0.881. The minimum absolute atomic E-state index is 0.276. The van der Waals surface area contributed by atoms with Crippen LogP contribution in [-0.4, -0.2) is 34.2 Å². The Kier molecular flexibility index (Phi) is 5.51. The number of hydrogen-bond donors (Lipinski definition) is 1. The van der Waals surface area contributed by atoms with Gasteiger partial charge in [-0.15, -0.1) is 0 Å². The second-order valence-corrected chi connectivity index (χ2v) is 8.02. The molecule has 1 aliphatic rings. The van der Waals surface area contributed by atoms with E-state index in [0.717, 1.165) is 51.2 Å². The molecule has 2 aromatic heterocycles. The van der Waals surface area contributed by atoms with Crippen LogP contribution in [0.2, 0.25) is 0 Å². The lowest BCUT2D eigenvalue weighted by Gasteiger charge is -2.19. The van der Waals surface area contributed by atoms with E-state index >= 15 is 0 Å². The molecule has 0 unspecified atom stereocenters. The number of rotatable bonds is 5. The van der Waals surface area contributed by atoms with Crippen molar-refractivity contribution in [1.29, 1.82) is 0 Å². The van der Waals surface area contributed by atoms with Crippen LogP contribution in [0.5, 0.6) is 5.75 Å². The van der Waals surface area contributed by atoms with Gasteiger partial charge >= 0.3 is 5.97 Å². The highest BCUT2D eigenvalue weighted by Crippen LogP contribution is 2.38. The number of nitrogens with one attached hydrogen (secondary N) is 1. The van der Waals surface area contributed by atoms with Gasteiger partial charge in [-0.3, -0.25) is 0 Å². The fourth-order valence-electron chi connectivity index (χ4n) is 3.90. The molecule has 0 bridgehead atoms. The third-order valence-corrected chi connectivity index (χ3v) is 5.90. The number of carbonyl (C=O) groups is 1. The van der Waals surface area contributed by atoms with Crippen molar-refractivity contribution < 1.29 is 14.3 Å². The highest BCUT2D eigenvalue weighted by molar-refractivity contribution is 9.10. The Balaban J connectivity index is 1.77. The van der Waals surface area contributed by atoms with Crippen LogP contribution in [-0.2, 0) is 24.6 Å². The number of aryl methyl sites for hydroxylation is 1. The van der Waals surface area contributed by atoms with E-state index in [1.165, 1.54) is 0 Å². The molecule has 156 valence electrons. The number of hydrogen-bond acceptors (Lipinski definition) is 6. The first-order chi connectivity index (χ1) is 14.4. The number of benzene rings is 1. The van der Waals surface area contributed by atoms with Gasteiger partial charge in [-0.05, 0) is 56.0 Å². The fraction of sp³-hybridized carbons (Fsp3) is 0.318. The number of anilines is 2. The minimum atomic E-state index is -0.276. The van der Waals surface area contributed by atoms with Gasteiger partial charge in [0.2, 0.25) is 5.95 Å². The number of nitrogens with zero attached hydrogens (tertiary/aromatic N) is 3. The number of ether oxygens (including phenoxy) is 2. The Morgan fingerprint density at radius 3 is 2.87 bits per heavy atom. The Morgan fingerprint density at radius 2 is 2.13 bits per heavy atom. The molecule has 3 aromatic rings. The van der Waals surface area contributed by atoms with Crippen LogP contribution in [0, 0.1) is 6.92 Å². The SMILES string of the molecule is CCOC(=O)c1c2c(n(C)c1C)-c1nc(Nc3ccc(Br)cc3OC)ncc1CC2. The van der Waals surface area contributed by atoms with Crippen LogP contribution in [0.4, 0.5) is 11.6 Å². The number of fused-ring (bicyclic) bond motifs is 3. The summed E-state index contributed by atoms with van der Waals surface area (Å²) in [6.07, 6.45) is 3.39. The van der Waals surface area contributed by atoms with Gasteiger partial charge in [0.15, 0.2) is 0 Å². The average molecular weight is 471 g/mol. The molecule has 0 saturated heterocycles. The fourth-order valence-corrected chi connectivity index (χ4v) is 4.24. The summed E-state index contributed by atoms with van der Waals surface area (Å²) in [4.78, 5) is 21.9. The third kappa shape index (κ3) is 3.45. The molecule has 1 aliphatic carbocycles. The number of carbonyl (C=O) groups excluding carboxylic acids is 1. The van der Waals surface area contributed by atoms with Crippen molar-refractivity contribution >= 4 is 33.5 Å². The zero-order valence-electron chi connectivity index (χ0n) is 17.4. The van der Waals surface area contributed by atoms with Crippen LogP contribution in [0.25, 0.3) is 11.4 Å². The predicted molar refractivity (Wildman–Crippen MR) is 119 cm³/mol. The average Bonchev–Trinajstić information content (AvgIpc) is 3.00. The second kappa shape index (κ2) is 8.10. The number of aromatic nitrogens is 3. The lowest BCUT2D eigenvalue weighted by molar-refractivity contribution is 0.0524. The van der Waals surface area contributed by atoms with Crippen LogP contribution in [0.3, 0.4) is 0 Å². The predicted octanol–water partition coefficient (Wildman–Crippen LogP) is 4.58. The minimum Gasteiger partial charge on any atom is -0.495 e. The maximum Gasteiger partial charge on any atom is 0.340 e. The summed E-state index contributed by atoms with van der Waals surface area (Å²) in [5, 5.41) is 3.25. The lowest BCUT2D eigenvalue weighted by atomic mass is 9.92. The monoisotopic (exact) mass is 470 g/mol. The molecule has 0 radical (unpaired) electrons. The zero-order chi connectivity index (χ0) is 21.4. The molecule has 30 heavy (non-hydrogen) atoms. The molecular weight excluding hydrogens is 448 g/mol. The first-order valence-electron chi connectivity index (χ1n) is 9.76. The Hall–Kier alpha value is -2.87. The van der Waals surface area contributed by atoms with E-state index in [1.807, 2.05) is 49.9 Å². The maximum atomic E-state index is 12.6. The summed E-state index contributed by atoms with van der Waals surface area (Å²) in [7, 11) is 3.58. The van der Waals surface area contributed by atoms with Crippen molar-refractivity contribution in [3.8, 4) is 17.1 Å². The van der Waals surface area contributed by atoms with Crippen molar-refractivity contribution in [3.63, 3.8) is 0 Å². The molecule has 0 aliphatic heterocycles. The van der Waals surface area contributed by atoms with E-state index in [2.05, 4.69) is 26.2 Å². The highest BCUT2D eigenvalue weighted by atomic mass is 79.9. The highest BCUT2D eigenvalue weighted by Gasteiger charge is 2.30. The topological polar surface area (TPSA) is 78.3 Å². The van der Waals surface area contributed by atoms with Gasteiger partial charge < -0.3 is 19.4 Å². The van der Waals surface area contributed by atoms with Gasteiger partial charge in [-0.1, -0.05) is 15.9 Å². The second-order valence-electron chi connectivity index (χ2n) is 7.10. The van der Waals surface area contributed by atoms with Gasteiger partial charge in [-0.25, -0.2) is 14.8 Å². The Labute approximate surface area is 183 Å². The van der Waals surface area contributed by atoms with E-state index in [-0.39, 0.29) is 5.97 Å². The van der Waals surface area contributed by atoms with Crippen molar-refractivity contribution in [3.05, 3.63) is 51.3 Å². The first-order valence-corrected chi connectivity index (χ1v) is 10.6. The number of halogens is 1. The maximum absolute atomic E-state index is 12.6. The molecule has 0 amide bonds. The van der Waals surface area contributed by atoms with Crippen LogP contribution < -0.4 is 10.1 Å². The summed E-state index contributed by atoms with van der Waals surface area (Å²) in [6, 6.07) is 5.71. The van der Waals surface area contributed by atoms with E-state index < -0.39 is 0 Å². The van der Waals surface area contributed by atoms with E-state index in [4.69, 9.17) is 14.5 Å². The van der Waals surface area contributed by atoms with E-state index in [1.54, 1.807) is 7.11 Å². The van der Waals surface area contributed by atoms with E-state index in [0.29, 0.717) is 23.9 Å². The van der Waals surface area contributed by atoms with Gasteiger partial charge in [0.1, 0.15) is 5.75 Å². The molecule has 0 atom stereocenters. The van der Waals surface area contributed by atoms with Crippen molar-refractivity contribution in [2.45, 2.75) is 26.7 Å². The molecule has 4 rings (SSSR count). The van der Waals surface area contributed by atoms with Gasteiger partial charge in [0, 0.05) is 23.4 Å². The molecule has 7 nitrogen and oxygen atoms in total. The lowest BCUT2D eigenvalue weighted by Crippen LogP contribution is -2.12. The van der Waals surface area contributed by atoms with Crippen LogP contribution >= 0.6 is 15.9 Å². The van der Waals surface area contributed by atoms with Gasteiger partial charge in [0.05, 0.1) is 36.4 Å². The number of methoxy groups -OCH3 is 1. The zero-order valence-corrected chi connectivity index (χ0v) is 19.0. The molecule has 1 aromatic carbocycles. The van der Waals surface area contributed by atoms with Crippen molar-refractivity contribution in [1.82, 2.24) is 14.5 Å². The summed E-state index contributed by atoms with van der Waals surface area (Å²) >= 11 is 3.45. The van der Waals surface area contributed by atoms with Crippen molar-refractivity contribution in [2.75, 3.05) is 19.0 Å². The molecule has 0 fully saturated rings. The summed E-state index contributed by atoms with van der Waals surface area (Å²) in [6.45, 7) is 4.11. The first kappa shape index (κ1) is 20.4. The summed E-state index contributed by atoms with van der Waals surface area (Å²) < 4.78 is 13.7. The number of esters is 1. The molecule has 0 saturated carbocycles. The summed E-state index contributed by atoms with van der Waals surface area (Å²) in [5.41, 5.74) is 6.15. The molecule has 0 spiro atoms. The van der Waals surface area contributed by atoms with Gasteiger partial charge in [-0.2, -0.15) is 0 Å². The standard InChI is InChI=1S/C22H23BrN4O3/c1-5-30-21(28)18-12(2)27(3)20-15(18)8-6-13-11-24-22(26-19(13)20)25-16-9-7-14(23)10-17(16)29-4/h7,9-11H,5-6,8H2,1-4H3,(H,24,25,26). The quantitative estimate of drug-likeness (QED) is 0.549. The molecule has 8 heteroatoms. The normalized spacial score (nSPS) is 12.2. The third-order valence-electron chi connectivity index (χ3n) is 5.41. The van der Waals surface area contributed by atoms with E-state index in [9.17, 15) is 4.79 Å². The smallest absolute Gasteiger partial charge is 0.340 e. The Bertz CT molecular complexity index is 1140.